The fourth-order valence-corrected chi connectivity index (χ4v) is 1.34. The Morgan fingerprint density at radius 2 is 1.93 bits per heavy atom. The zero-order valence-electron chi connectivity index (χ0n) is 9.37. The van der Waals surface area contributed by atoms with E-state index in [4.69, 9.17) is 5.11 Å². The summed E-state index contributed by atoms with van der Waals surface area (Å²) < 4.78 is 0. The first-order chi connectivity index (χ1) is 7.22. The van der Waals surface area contributed by atoms with Gasteiger partial charge in [-0.3, -0.25) is 0 Å². The number of hydrogen-bond acceptors (Lipinski definition) is 2. The average Bonchev–Trinajstić information content (AvgIpc) is 2.21. The number of hydrogen-bond donors (Lipinski definition) is 1. The van der Waals surface area contributed by atoms with Crippen molar-refractivity contribution in [2.24, 2.45) is 0 Å². The van der Waals surface area contributed by atoms with E-state index < -0.39 is 5.97 Å². The van der Waals surface area contributed by atoms with Crippen LogP contribution in [0.25, 0.3) is 0 Å². The van der Waals surface area contributed by atoms with E-state index in [1.165, 1.54) is 0 Å². The van der Waals surface area contributed by atoms with Gasteiger partial charge >= 0.3 is 5.97 Å². The van der Waals surface area contributed by atoms with Crippen molar-refractivity contribution in [3.63, 3.8) is 0 Å². The maximum atomic E-state index is 10.8. The maximum Gasteiger partial charge on any atom is 0.331 e. The van der Waals surface area contributed by atoms with Gasteiger partial charge in [0, 0.05) is 12.0 Å². The third-order valence-electron chi connectivity index (χ3n) is 2.24. The van der Waals surface area contributed by atoms with Crippen LogP contribution >= 0.6 is 0 Å². The number of carboxylic acids is 1. The smallest absolute Gasteiger partial charge is 0.331 e. The molecule has 0 aliphatic heterocycles. The van der Waals surface area contributed by atoms with Crippen LogP contribution in [0.2, 0.25) is 0 Å². The molecule has 0 aliphatic rings. The van der Waals surface area contributed by atoms with Crippen LogP contribution < -0.4 is 0 Å². The topological polar surface area (TPSA) is 54.4 Å². The predicted molar refractivity (Wildman–Crippen MR) is 59.8 cm³/mol. The molecule has 0 amide bonds. The molecule has 86 valence electrons. The second-order valence-electron chi connectivity index (χ2n) is 3.59. The highest BCUT2D eigenvalue weighted by Gasteiger charge is 2.05. The van der Waals surface area contributed by atoms with Crippen molar-refractivity contribution in [3.05, 3.63) is 11.6 Å². The van der Waals surface area contributed by atoms with E-state index in [1.807, 2.05) is 0 Å². The van der Waals surface area contributed by atoms with E-state index in [-0.39, 0.29) is 0 Å². The Morgan fingerprint density at radius 3 is 2.47 bits per heavy atom. The minimum atomic E-state index is -0.822. The van der Waals surface area contributed by atoms with Gasteiger partial charge in [-0.05, 0) is 25.7 Å². The monoisotopic (exact) mass is 212 g/mol. The van der Waals surface area contributed by atoms with E-state index in [2.05, 4.69) is 6.92 Å². The minimum Gasteiger partial charge on any atom is -0.478 e. The Kier molecular flexibility index (Phi) is 8.73. The second kappa shape index (κ2) is 9.44. The van der Waals surface area contributed by atoms with Gasteiger partial charge in [0.15, 0.2) is 0 Å². The molecule has 0 saturated carbocycles. The summed E-state index contributed by atoms with van der Waals surface area (Å²) in [5.74, 6) is -0.822. The molecule has 0 spiro atoms. The molecule has 0 bridgehead atoms. The predicted octanol–water partition coefficient (Wildman–Crippen LogP) is 2.95. The molecule has 3 nitrogen and oxygen atoms in total. The number of rotatable bonds is 9. The molecule has 0 rings (SSSR count). The molecule has 0 saturated heterocycles. The molecule has 0 radical (unpaired) electrons. The first kappa shape index (κ1) is 13.9. The third-order valence-corrected chi connectivity index (χ3v) is 2.24. The highest BCUT2D eigenvalue weighted by Crippen LogP contribution is 2.11. The van der Waals surface area contributed by atoms with E-state index in [9.17, 15) is 9.59 Å². The Morgan fingerprint density at radius 1 is 1.20 bits per heavy atom. The molecule has 0 aliphatic carbocycles. The van der Waals surface area contributed by atoms with Crippen LogP contribution in [-0.2, 0) is 9.59 Å². The van der Waals surface area contributed by atoms with Gasteiger partial charge in [-0.25, -0.2) is 4.79 Å². The zero-order chi connectivity index (χ0) is 11.5. The summed E-state index contributed by atoms with van der Waals surface area (Å²) in [6, 6.07) is 0. The normalized spacial score (nSPS) is 11.4. The Bertz CT molecular complexity index is 219. The van der Waals surface area contributed by atoms with E-state index in [1.54, 1.807) is 6.08 Å². The number of aliphatic carboxylic acids is 1. The number of unbranched alkanes of at least 4 members (excludes halogenated alkanes) is 4. The molecule has 1 N–H and O–H groups in total. The molecule has 0 atom stereocenters. The van der Waals surface area contributed by atoms with Gasteiger partial charge < -0.3 is 9.90 Å². The molecule has 3 heteroatoms. The van der Waals surface area contributed by atoms with Crippen molar-refractivity contribution in [2.75, 3.05) is 0 Å². The zero-order valence-corrected chi connectivity index (χ0v) is 9.37. The molecule has 0 heterocycles. The highest BCUT2D eigenvalue weighted by molar-refractivity contribution is 5.86. The fraction of sp³-hybridized carbons (Fsp3) is 0.667. The first-order valence-electron chi connectivity index (χ1n) is 5.58. The summed E-state index contributed by atoms with van der Waals surface area (Å²) in [6.07, 6.45) is 8.30. The molecular formula is C12H20O3. The molecule has 0 fully saturated rings. The van der Waals surface area contributed by atoms with Gasteiger partial charge in [0.25, 0.3) is 0 Å². The van der Waals surface area contributed by atoms with Gasteiger partial charge in [0.1, 0.15) is 6.29 Å². The lowest BCUT2D eigenvalue weighted by Gasteiger charge is -2.01. The number of carbonyl (C=O) groups excluding carboxylic acids is 1. The standard InChI is InChI=1S/C12H20O3/c1-2-3-5-8-11(12(14)15)9-6-4-7-10-13/h9-10H,2-8H2,1H3,(H,14,15). The van der Waals surface area contributed by atoms with Crippen LogP contribution in [0.1, 0.15) is 51.9 Å². The molecule has 0 aromatic carbocycles. The van der Waals surface area contributed by atoms with Crippen LogP contribution in [0.3, 0.4) is 0 Å². The average molecular weight is 212 g/mol. The summed E-state index contributed by atoms with van der Waals surface area (Å²) in [5.41, 5.74) is 0.495. The lowest BCUT2D eigenvalue weighted by molar-refractivity contribution is -0.132. The summed E-state index contributed by atoms with van der Waals surface area (Å²) in [6.45, 7) is 2.09. The molecular weight excluding hydrogens is 192 g/mol. The summed E-state index contributed by atoms with van der Waals surface area (Å²) >= 11 is 0. The van der Waals surface area contributed by atoms with Crippen LogP contribution in [-0.4, -0.2) is 17.4 Å². The van der Waals surface area contributed by atoms with E-state index in [0.29, 0.717) is 24.8 Å². The van der Waals surface area contributed by atoms with Crippen LogP contribution in [0.4, 0.5) is 0 Å². The van der Waals surface area contributed by atoms with E-state index in [0.717, 1.165) is 32.0 Å². The first-order valence-corrected chi connectivity index (χ1v) is 5.58. The largest absolute Gasteiger partial charge is 0.478 e. The van der Waals surface area contributed by atoms with Crippen LogP contribution in [0, 0.1) is 0 Å². The van der Waals surface area contributed by atoms with Gasteiger partial charge in [0.05, 0.1) is 0 Å². The SMILES string of the molecule is CCCCCC(=CCCCC=O)C(=O)O. The van der Waals surface area contributed by atoms with Gasteiger partial charge in [-0.1, -0.05) is 25.8 Å². The van der Waals surface area contributed by atoms with E-state index >= 15 is 0 Å². The lowest BCUT2D eigenvalue weighted by atomic mass is 10.1. The number of carbonyl (C=O) groups is 2. The number of aldehydes is 1. The Hall–Kier alpha value is -1.12. The minimum absolute atomic E-state index is 0.495. The second-order valence-corrected chi connectivity index (χ2v) is 3.59. The summed E-state index contributed by atoms with van der Waals surface area (Å²) in [5, 5.41) is 8.89. The van der Waals surface area contributed by atoms with Crippen molar-refractivity contribution in [2.45, 2.75) is 51.9 Å². The lowest BCUT2D eigenvalue weighted by Crippen LogP contribution is -2.00. The highest BCUT2D eigenvalue weighted by atomic mass is 16.4. The summed E-state index contributed by atoms with van der Waals surface area (Å²) in [7, 11) is 0. The van der Waals surface area contributed by atoms with Crippen molar-refractivity contribution < 1.29 is 14.7 Å². The van der Waals surface area contributed by atoms with Gasteiger partial charge in [0.2, 0.25) is 0 Å². The third kappa shape index (κ3) is 7.91. The Labute approximate surface area is 91.2 Å². The fourth-order valence-electron chi connectivity index (χ4n) is 1.34. The van der Waals surface area contributed by atoms with Gasteiger partial charge in [-0.2, -0.15) is 0 Å². The number of carboxylic acid groups (broad SMARTS) is 1. The quantitative estimate of drug-likeness (QED) is 0.363. The van der Waals surface area contributed by atoms with Crippen molar-refractivity contribution in [1.82, 2.24) is 0 Å². The molecule has 0 aromatic rings. The maximum absolute atomic E-state index is 10.8. The van der Waals surface area contributed by atoms with Crippen LogP contribution in [0.5, 0.6) is 0 Å². The van der Waals surface area contributed by atoms with Crippen molar-refractivity contribution >= 4 is 12.3 Å². The molecule has 15 heavy (non-hydrogen) atoms. The Balaban J connectivity index is 3.90. The number of allylic oxidation sites excluding steroid dienone is 1. The molecule has 0 unspecified atom stereocenters. The van der Waals surface area contributed by atoms with Crippen molar-refractivity contribution in [3.8, 4) is 0 Å². The van der Waals surface area contributed by atoms with Crippen molar-refractivity contribution in [1.29, 1.82) is 0 Å². The summed E-state index contributed by atoms with van der Waals surface area (Å²) in [4.78, 5) is 20.9. The van der Waals surface area contributed by atoms with Gasteiger partial charge in [-0.15, -0.1) is 0 Å². The molecule has 0 aromatic heterocycles. The van der Waals surface area contributed by atoms with Crippen LogP contribution in [0.15, 0.2) is 11.6 Å².